The molecule has 0 aliphatic rings. The summed E-state index contributed by atoms with van der Waals surface area (Å²) in [5, 5.41) is 2.89. The van der Waals surface area contributed by atoms with Gasteiger partial charge in [0.2, 0.25) is 11.8 Å². The molecule has 1 atom stereocenters. The van der Waals surface area contributed by atoms with Crippen LogP contribution in [-0.2, 0) is 4.79 Å². The van der Waals surface area contributed by atoms with Gasteiger partial charge in [-0.15, -0.1) is 0 Å². The van der Waals surface area contributed by atoms with Crippen molar-refractivity contribution in [3.05, 3.63) is 72.4 Å². The number of carbonyl (C=O) groups excluding carboxylic acids is 1. The summed E-state index contributed by atoms with van der Waals surface area (Å²) in [6.45, 7) is 7.47. The summed E-state index contributed by atoms with van der Waals surface area (Å²) < 4.78 is 11.4. The van der Waals surface area contributed by atoms with Crippen LogP contribution in [0.5, 0.6) is 17.4 Å². The van der Waals surface area contributed by atoms with E-state index in [1.54, 1.807) is 6.20 Å². The molecule has 0 fully saturated rings. The van der Waals surface area contributed by atoms with E-state index < -0.39 is 0 Å². The number of aromatic nitrogens is 1. The predicted octanol–water partition coefficient (Wildman–Crippen LogP) is 5.53. The molecule has 150 valence electrons. The summed E-state index contributed by atoms with van der Waals surface area (Å²) in [6.07, 6.45) is 1.93. The van der Waals surface area contributed by atoms with Crippen LogP contribution in [-0.4, -0.2) is 17.0 Å². The van der Waals surface area contributed by atoms with Crippen LogP contribution in [0, 0.1) is 0 Å². The molecule has 0 aliphatic carbocycles. The minimum atomic E-state index is -0.0385. The summed E-state index contributed by atoms with van der Waals surface area (Å²) in [5.74, 6) is 2.01. The lowest BCUT2D eigenvalue weighted by molar-refractivity contribution is -0.119. The van der Waals surface area contributed by atoms with Gasteiger partial charge in [0.05, 0.1) is 12.1 Å². The zero-order chi connectivity index (χ0) is 20.8. The molecule has 0 spiro atoms. The SMILES string of the molecule is CC(=O)NC(C)c1ccc(-c2ccc(Oc3ccc(OC(C)C)cc3)nc2)cc1. The molecule has 0 saturated carbocycles. The highest BCUT2D eigenvalue weighted by atomic mass is 16.5. The van der Waals surface area contributed by atoms with E-state index in [2.05, 4.69) is 10.3 Å². The molecule has 5 nitrogen and oxygen atoms in total. The van der Waals surface area contributed by atoms with Gasteiger partial charge in [-0.25, -0.2) is 4.98 Å². The topological polar surface area (TPSA) is 60.5 Å². The molecule has 2 aromatic carbocycles. The second-order valence-electron chi connectivity index (χ2n) is 7.17. The van der Waals surface area contributed by atoms with Gasteiger partial charge in [0, 0.05) is 24.8 Å². The summed E-state index contributed by atoms with van der Waals surface area (Å²) >= 11 is 0. The van der Waals surface area contributed by atoms with Crippen LogP contribution in [0.1, 0.15) is 39.3 Å². The Bertz CT molecular complexity index is 933. The average molecular weight is 390 g/mol. The first-order valence-electron chi connectivity index (χ1n) is 9.69. The molecule has 1 amide bonds. The van der Waals surface area contributed by atoms with E-state index in [0.717, 1.165) is 22.4 Å². The minimum Gasteiger partial charge on any atom is -0.491 e. The molecular weight excluding hydrogens is 364 g/mol. The molecule has 0 saturated heterocycles. The van der Waals surface area contributed by atoms with Crippen LogP contribution in [0.25, 0.3) is 11.1 Å². The minimum absolute atomic E-state index is 0.0206. The molecule has 1 unspecified atom stereocenters. The van der Waals surface area contributed by atoms with Crippen molar-refractivity contribution < 1.29 is 14.3 Å². The first kappa shape index (κ1) is 20.4. The first-order chi connectivity index (χ1) is 13.9. The van der Waals surface area contributed by atoms with E-state index in [1.807, 2.05) is 81.4 Å². The Kier molecular flexibility index (Phi) is 6.50. The number of hydrogen-bond donors (Lipinski definition) is 1. The number of rotatable bonds is 7. The number of hydrogen-bond acceptors (Lipinski definition) is 4. The van der Waals surface area contributed by atoms with Crippen molar-refractivity contribution in [1.82, 2.24) is 10.3 Å². The summed E-state index contributed by atoms with van der Waals surface area (Å²) in [4.78, 5) is 15.6. The van der Waals surface area contributed by atoms with Gasteiger partial charge in [0.15, 0.2) is 0 Å². The summed E-state index contributed by atoms with van der Waals surface area (Å²) in [6, 6.07) is 19.4. The molecule has 0 bridgehead atoms. The molecule has 0 aliphatic heterocycles. The van der Waals surface area contributed by atoms with E-state index in [9.17, 15) is 4.79 Å². The normalized spacial score (nSPS) is 11.8. The summed E-state index contributed by atoms with van der Waals surface area (Å²) in [7, 11) is 0. The maximum absolute atomic E-state index is 11.2. The lowest BCUT2D eigenvalue weighted by atomic mass is 10.0. The smallest absolute Gasteiger partial charge is 0.219 e. The number of amides is 1. The zero-order valence-corrected chi connectivity index (χ0v) is 17.2. The fourth-order valence-electron chi connectivity index (χ4n) is 2.94. The third-order valence-electron chi connectivity index (χ3n) is 4.32. The first-order valence-corrected chi connectivity index (χ1v) is 9.69. The van der Waals surface area contributed by atoms with E-state index in [0.29, 0.717) is 11.6 Å². The van der Waals surface area contributed by atoms with Crippen LogP contribution in [0.15, 0.2) is 66.9 Å². The molecule has 0 radical (unpaired) electrons. The van der Waals surface area contributed by atoms with Gasteiger partial charge in [-0.1, -0.05) is 24.3 Å². The van der Waals surface area contributed by atoms with Crippen LogP contribution < -0.4 is 14.8 Å². The molecule has 1 N–H and O–H groups in total. The maximum atomic E-state index is 11.2. The second-order valence-corrected chi connectivity index (χ2v) is 7.17. The van der Waals surface area contributed by atoms with Crippen molar-refractivity contribution in [3.63, 3.8) is 0 Å². The molecule has 5 heteroatoms. The predicted molar refractivity (Wildman–Crippen MR) is 114 cm³/mol. The van der Waals surface area contributed by atoms with Crippen molar-refractivity contribution >= 4 is 5.91 Å². The van der Waals surface area contributed by atoms with Crippen molar-refractivity contribution in [2.24, 2.45) is 0 Å². The third-order valence-corrected chi connectivity index (χ3v) is 4.32. The fraction of sp³-hybridized carbons (Fsp3) is 0.250. The van der Waals surface area contributed by atoms with E-state index >= 15 is 0 Å². The Hall–Kier alpha value is -3.34. The van der Waals surface area contributed by atoms with Gasteiger partial charge in [-0.05, 0) is 62.2 Å². The van der Waals surface area contributed by atoms with Crippen LogP contribution in [0.3, 0.4) is 0 Å². The Balaban J connectivity index is 1.64. The molecule has 3 aromatic rings. The van der Waals surface area contributed by atoms with E-state index in [-0.39, 0.29) is 18.1 Å². The van der Waals surface area contributed by atoms with Crippen LogP contribution >= 0.6 is 0 Å². The Labute approximate surface area is 171 Å². The van der Waals surface area contributed by atoms with E-state index in [4.69, 9.17) is 9.47 Å². The van der Waals surface area contributed by atoms with Crippen molar-refractivity contribution in [3.8, 4) is 28.5 Å². The number of carbonyl (C=O) groups is 1. The monoisotopic (exact) mass is 390 g/mol. The Morgan fingerprint density at radius 3 is 2.03 bits per heavy atom. The number of benzene rings is 2. The average Bonchev–Trinajstić information content (AvgIpc) is 2.69. The molecule has 3 rings (SSSR count). The van der Waals surface area contributed by atoms with Gasteiger partial charge in [-0.2, -0.15) is 0 Å². The number of ether oxygens (including phenoxy) is 2. The Morgan fingerprint density at radius 1 is 0.862 bits per heavy atom. The highest BCUT2D eigenvalue weighted by Crippen LogP contribution is 2.26. The zero-order valence-electron chi connectivity index (χ0n) is 17.2. The molecule has 1 heterocycles. The van der Waals surface area contributed by atoms with Crippen LogP contribution in [0.4, 0.5) is 0 Å². The van der Waals surface area contributed by atoms with E-state index in [1.165, 1.54) is 6.92 Å². The molecule has 29 heavy (non-hydrogen) atoms. The maximum Gasteiger partial charge on any atom is 0.219 e. The quantitative estimate of drug-likeness (QED) is 0.577. The number of nitrogens with zero attached hydrogens (tertiary/aromatic N) is 1. The lowest BCUT2D eigenvalue weighted by Gasteiger charge is -2.13. The largest absolute Gasteiger partial charge is 0.491 e. The summed E-state index contributed by atoms with van der Waals surface area (Å²) in [5.41, 5.74) is 3.11. The highest BCUT2D eigenvalue weighted by molar-refractivity contribution is 5.73. The number of pyridine rings is 1. The molecule has 1 aromatic heterocycles. The highest BCUT2D eigenvalue weighted by Gasteiger charge is 2.07. The van der Waals surface area contributed by atoms with Crippen molar-refractivity contribution in [2.75, 3.05) is 0 Å². The third kappa shape index (κ3) is 5.82. The molecular formula is C24H26N2O3. The standard InChI is InChI=1S/C24H26N2O3/c1-16(2)28-22-10-12-23(13-11-22)29-24-14-9-21(15-25-24)20-7-5-19(6-8-20)17(3)26-18(4)27/h5-17H,1-4H3,(H,26,27). The van der Waals surface area contributed by atoms with Gasteiger partial charge < -0.3 is 14.8 Å². The lowest BCUT2D eigenvalue weighted by Crippen LogP contribution is -2.23. The van der Waals surface area contributed by atoms with Gasteiger partial charge >= 0.3 is 0 Å². The second kappa shape index (κ2) is 9.24. The Morgan fingerprint density at radius 2 is 1.48 bits per heavy atom. The van der Waals surface area contributed by atoms with Gasteiger partial charge in [0.1, 0.15) is 11.5 Å². The fourth-order valence-corrected chi connectivity index (χ4v) is 2.94. The van der Waals surface area contributed by atoms with Gasteiger partial charge in [0.25, 0.3) is 0 Å². The van der Waals surface area contributed by atoms with Crippen molar-refractivity contribution in [1.29, 1.82) is 0 Å². The van der Waals surface area contributed by atoms with Gasteiger partial charge in [-0.3, -0.25) is 4.79 Å². The van der Waals surface area contributed by atoms with Crippen LogP contribution in [0.2, 0.25) is 0 Å². The van der Waals surface area contributed by atoms with Crippen molar-refractivity contribution in [2.45, 2.75) is 39.8 Å². The number of nitrogens with one attached hydrogen (secondary N) is 1.